The van der Waals surface area contributed by atoms with Gasteiger partial charge in [0.25, 0.3) is 0 Å². The van der Waals surface area contributed by atoms with Crippen molar-refractivity contribution >= 4 is 23.4 Å². The largest absolute Gasteiger partial charge is 0.390 e. The van der Waals surface area contributed by atoms with E-state index in [1.165, 1.54) is 5.56 Å². The Balaban J connectivity index is 1.57. The summed E-state index contributed by atoms with van der Waals surface area (Å²) in [5.74, 6) is 0.801. The predicted molar refractivity (Wildman–Crippen MR) is 109 cm³/mol. The third-order valence-electron chi connectivity index (χ3n) is 5.09. The maximum Gasteiger partial charge on any atom is 0.109 e. The van der Waals surface area contributed by atoms with Crippen LogP contribution in [0.25, 0.3) is 11.3 Å². The molecular weight excluding hydrogens is 378 g/mol. The zero-order chi connectivity index (χ0) is 19.2. The Morgan fingerprint density at radius 3 is 2.48 bits per heavy atom. The molecule has 1 aromatic carbocycles. The van der Waals surface area contributed by atoms with E-state index in [4.69, 9.17) is 11.6 Å². The fourth-order valence-electron chi connectivity index (χ4n) is 3.49. The molecule has 1 saturated carbocycles. The number of nitrogens with zero attached hydrogens (tertiary/aromatic N) is 3. The Morgan fingerprint density at radius 1 is 1.15 bits per heavy atom. The lowest BCUT2D eigenvalue weighted by molar-refractivity contribution is 0.0546. The van der Waals surface area contributed by atoms with Crippen molar-refractivity contribution in [3.05, 3.63) is 59.5 Å². The zero-order valence-electron chi connectivity index (χ0n) is 15.6. The summed E-state index contributed by atoms with van der Waals surface area (Å²) in [6.07, 6.45) is 4.53. The summed E-state index contributed by atoms with van der Waals surface area (Å²) in [7, 11) is 1.99. The average Bonchev–Trinajstić information content (AvgIpc) is 3.37. The highest BCUT2D eigenvalue weighted by molar-refractivity contribution is 7.99. The van der Waals surface area contributed by atoms with E-state index >= 15 is 0 Å². The fraction of sp³-hybridized carbons (Fsp3) is 0.333. The fourth-order valence-corrected chi connectivity index (χ4v) is 4.50. The highest BCUT2D eigenvalue weighted by Gasteiger charge is 2.47. The molecule has 140 valence electrons. The molecule has 1 fully saturated rings. The lowest BCUT2D eigenvalue weighted by atomic mass is 9.98. The molecule has 0 saturated heterocycles. The van der Waals surface area contributed by atoms with E-state index < -0.39 is 5.60 Å². The van der Waals surface area contributed by atoms with Crippen LogP contribution in [-0.4, -0.2) is 25.2 Å². The highest BCUT2D eigenvalue weighted by atomic mass is 35.5. The number of hydrogen-bond donors (Lipinski definition) is 1. The lowest BCUT2D eigenvalue weighted by Gasteiger charge is -2.17. The lowest BCUT2D eigenvalue weighted by Crippen LogP contribution is -2.22. The van der Waals surface area contributed by atoms with Gasteiger partial charge in [0, 0.05) is 18.8 Å². The van der Waals surface area contributed by atoms with Gasteiger partial charge < -0.3 is 9.67 Å². The third kappa shape index (κ3) is 3.91. The number of aromatic nitrogens is 3. The van der Waals surface area contributed by atoms with Crippen LogP contribution < -0.4 is 0 Å². The van der Waals surface area contributed by atoms with Crippen LogP contribution in [0.4, 0.5) is 0 Å². The smallest absolute Gasteiger partial charge is 0.109 e. The summed E-state index contributed by atoms with van der Waals surface area (Å²) in [5, 5.41) is 12.7. The van der Waals surface area contributed by atoms with Crippen molar-refractivity contribution in [2.45, 2.75) is 41.8 Å². The van der Waals surface area contributed by atoms with Crippen LogP contribution in [0.15, 0.2) is 59.0 Å². The number of aliphatic hydroxyl groups is 1. The molecule has 0 amide bonds. The molecular formula is C21H22ClN3OS. The predicted octanol–water partition coefficient (Wildman–Crippen LogP) is 5.16. The second-order valence-electron chi connectivity index (χ2n) is 7.65. The van der Waals surface area contributed by atoms with Gasteiger partial charge in [-0.3, -0.25) is 0 Å². The Morgan fingerprint density at radius 2 is 1.89 bits per heavy atom. The third-order valence-corrected chi connectivity index (χ3v) is 6.44. The van der Waals surface area contributed by atoms with Gasteiger partial charge in [0.1, 0.15) is 15.7 Å². The molecule has 2 heterocycles. The minimum Gasteiger partial charge on any atom is -0.390 e. The molecule has 27 heavy (non-hydrogen) atoms. The summed E-state index contributed by atoms with van der Waals surface area (Å²) in [4.78, 5) is 8.96. The van der Waals surface area contributed by atoms with E-state index in [9.17, 15) is 5.11 Å². The summed E-state index contributed by atoms with van der Waals surface area (Å²) < 4.78 is 2.01. The number of benzene rings is 1. The Labute approximate surface area is 168 Å². The summed E-state index contributed by atoms with van der Waals surface area (Å²) in [5.41, 5.74) is 2.70. The number of hydrogen-bond acceptors (Lipinski definition) is 4. The first-order valence-corrected chi connectivity index (χ1v) is 10.2. The van der Waals surface area contributed by atoms with E-state index in [1.807, 2.05) is 43.9 Å². The molecule has 0 unspecified atom stereocenters. The van der Waals surface area contributed by atoms with E-state index in [0.29, 0.717) is 16.9 Å². The minimum atomic E-state index is -0.611. The number of imidazole rings is 1. The Kier molecular flexibility index (Phi) is 4.78. The van der Waals surface area contributed by atoms with Crippen molar-refractivity contribution in [3.8, 4) is 11.3 Å². The van der Waals surface area contributed by atoms with Gasteiger partial charge in [0.2, 0.25) is 0 Å². The van der Waals surface area contributed by atoms with Crippen LogP contribution >= 0.6 is 23.4 Å². The second-order valence-corrected chi connectivity index (χ2v) is 9.10. The molecule has 0 radical (unpaired) electrons. The first-order valence-electron chi connectivity index (χ1n) is 8.96. The molecule has 6 heteroatoms. The maximum atomic E-state index is 10.2. The number of rotatable bonds is 5. The summed E-state index contributed by atoms with van der Waals surface area (Å²) in [6.45, 7) is 3.79. The summed E-state index contributed by atoms with van der Waals surface area (Å²) >= 11 is 7.51. The number of halogens is 1. The molecule has 4 rings (SSSR count). The van der Waals surface area contributed by atoms with Crippen LogP contribution in [0.5, 0.6) is 0 Å². The quantitative estimate of drug-likeness (QED) is 0.643. The van der Waals surface area contributed by atoms with Gasteiger partial charge in [-0.2, -0.15) is 0 Å². The molecule has 1 aliphatic rings. The first-order chi connectivity index (χ1) is 12.8. The molecule has 2 atom stereocenters. The average molecular weight is 400 g/mol. The normalized spacial score (nSPS) is 19.3. The SMILES string of the molecule is Cn1cnc(-c2ccc([C@H]3C[C@@H]3C(C)(C)O)cc2)c1Sc1ccc(Cl)cn1. The van der Waals surface area contributed by atoms with Crippen molar-refractivity contribution in [1.82, 2.24) is 14.5 Å². The Hall–Kier alpha value is -1.82. The number of aryl methyl sites for hydroxylation is 1. The van der Waals surface area contributed by atoms with Crippen LogP contribution in [-0.2, 0) is 7.05 Å². The molecule has 1 aliphatic carbocycles. The number of pyridine rings is 1. The minimum absolute atomic E-state index is 0.347. The molecule has 0 bridgehead atoms. The molecule has 0 spiro atoms. The van der Waals surface area contributed by atoms with Gasteiger partial charge in [-0.1, -0.05) is 35.9 Å². The van der Waals surface area contributed by atoms with Crippen LogP contribution in [0.2, 0.25) is 5.02 Å². The highest BCUT2D eigenvalue weighted by Crippen LogP contribution is 2.53. The van der Waals surface area contributed by atoms with Crippen LogP contribution in [0.3, 0.4) is 0 Å². The topological polar surface area (TPSA) is 50.9 Å². The van der Waals surface area contributed by atoms with Crippen molar-refractivity contribution in [2.24, 2.45) is 13.0 Å². The monoisotopic (exact) mass is 399 g/mol. The van der Waals surface area contributed by atoms with E-state index in [1.54, 1.807) is 18.0 Å². The van der Waals surface area contributed by atoms with Crippen LogP contribution in [0.1, 0.15) is 31.7 Å². The van der Waals surface area contributed by atoms with Gasteiger partial charge >= 0.3 is 0 Å². The standard InChI is InChI=1S/C21H22ClN3OS/c1-21(2,26)17-10-16(17)13-4-6-14(7-5-13)19-20(25(3)12-24-19)27-18-9-8-15(22)11-23-18/h4-9,11-12,16-17,26H,10H2,1-3H3/t16-,17+/m1/s1. The molecule has 0 aliphatic heterocycles. The zero-order valence-corrected chi connectivity index (χ0v) is 17.1. The van der Waals surface area contributed by atoms with Crippen molar-refractivity contribution in [1.29, 1.82) is 0 Å². The van der Waals surface area contributed by atoms with Crippen molar-refractivity contribution < 1.29 is 5.11 Å². The van der Waals surface area contributed by atoms with Crippen LogP contribution in [0, 0.1) is 5.92 Å². The van der Waals surface area contributed by atoms with Gasteiger partial charge in [0.15, 0.2) is 0 Å². The van der Waals surface area contributed by atoms with Crippen molar-refractivity contribution in [3.63, 3.8) is 0 Å². The summed E-state index contributed by atoms with van der Waals surface area (Å²) in [6, 6.07) is 12.3. The second kappa shape index (κ2) is 6.97. The molecule has 4 nitrogen and oxygen atoms in total. The van der Waals surface area contributed by atoms with E-state index in [0.717, 1.165) is 27.7 Å². The van der Waals surface area contributed by atoms with Gasteiger partial charge in [0.05, 0.1) is 17.0 Å². The molecule has 2 aromatic heterocycles. The van der Waals surface area contributed by atoms with Gasteiger partial charge in [-0.05, 0) is 61.6 Å². The van der Waals surface area contributed by atoms with E-state index in [-0.39, 0.29) is 0 Å². The first kappa shape index (κ1) is 18.5. The maximum absolute atomic E-state index is 10.2. The van der Waals surface area contributed by atoms with Gasteiger partial charge in [-0.15, -0.1) is 0 Å². The van der Waals surface area contributed by atoms with Crippen molar-refractivity contribution in [2.75, 3.05) is 0 Å². The molecule has 3 aromatic rings. The molecule has 1 N–H and O–H groups in total. The Bertz CT molecular complexity index is 945. The van der Waals surface area contributed by atoms with Gasteiger partial charge in [-0.25, -0.2) is 9.97 Å². The van der Waals surface area contributed by atoms with E-state index in [2.05, 4.69) is 34.2 Å².